The molecule has 25 heavy (non-hydrogen) atoms. The maximum Gasteiger partial charge on any atom is 0.280 e. The van der Waals surface area contributed by atoms with E-state index in [0.29, 0.717) is 18.0 Å². The van der Waals surface area contributed by atoms with Gasteiger partial charge in [0.2, 0.25) is 5.91 Å². The van der Waals surface area contributed by atoms with Crippen molar-refractivity contribution in [1.82, 2.24) is 15.2 Å². The molecule has 0 atom stereocenters. The van der Waals surface area contributed by atoms with Crippen molar-refractivity contribution >= 4 is 29.3 Å². The second kappa shape index (κ2) is 7.44. The standard InChI is InChI=1S/C18H16ClN3O3/c19-13-5-3-12(4-6-13)7-10-20-15(23)8-11-22-17(24)14-2-1-9-21-16(14)18(22)25/h1-6,9H,7-8,10-11H2,(H,20,23). The molecule has 0 saturated heterocycles. The van der Waals surface area contributed by atoms with Gasteiger partial charge in [-0.05, 0) is 36.2 Å². The van der Waals surface area contributed by atoms with Crippen LogP contribution in [0.4, 0.5) is 0 Å². The first-order chi connectivity index (χ1) is 12.1. The lowest BCUT2D eigenvalue weighted by Crippen LogP contribution is -2.35. The predicted octanol–water partition coefficient (Wildman–Crippen LogP) is 2.08. The van der Waals surface area contributed by atoms with Gasteiger partial charge in [-0.25, -0.2) is 0 Å². The Morgan fingerprint density at radius 1 is 1.12 bits per heavy atom. The van der Waals surface area contributed by atoms with Crippen molar-refractivity contribution in [3.05, 3.63) is 64.4 Å². The fourth-order valence-corrected chi connectivity index (χ4v) is 2.74. The summed E-state index contributed by atoms with van der Waals surface area (Å²) in [6, 6.07) is 10.6. The van der Waals surface area contributed by atoms with E-state index in [4.69, 9.17) is 11.6 Å². The van der Waals surface area contributed by atoms with Gasteiger partial charge in [-0.2, -0.15) is 0 Å². The van der Waals surface area contributed by atoms with Crippen molar-refractivity contribution in [2.45, 2.75) is 12.8 Å². The van der Waals surface area contributed by atoms with Crippen molar-refractivity contribution in [2.24, 2.45) is 0 Å². The van der Waals surface area contributed by atoms with E-state index in [1.807, 2.05) is 12.1 Å². The highest BCUT2D eigenvalue weighted by Gasteiger charge is 2.36. The fraction of sp³-hybridized carbons (Fsp3) is 0.222. The second-order valence-corrected chi connectivity index (χ2v) is 6.07. The maximum absolute atomic E-state index is 12.2. The molecule has 1 aliphatic heterocycles. The summed E-state index contributed by atoms with van der Waals surface area (Å²) in [5.74, 6) is -1.06. The minimum Gasteiger partial charge on any atom is -0.356 e. The van der Waals surface area contributed by atoms with Crippen molar-refractivity contribution in [3.8, 4) is 0 Å². The number of halogens is 1. The minimum absolute atomic E-state index is 0.0425. The highest BCUT2D eigenvalue weighted by Crippen LogP contribution is 2.20. The van der Waals surface area contributed by atoms with E-state index in [2.05, 4.69) is 10.3 Å². The number of nitrogens with zero attached hydrogens (tertiary/aromatic N) is 2. The third-order valence-electron chi connectivity index (χ3n) is 3.94. The number of benzene rings is 1. The molecule has 0 fully saturated rings. The van der Waals surface area contributed by atoms with Crippen LogP contribution in [0.2, 0.25) is 5.02 Å². The Morgan fingerprint density at radius 2 is 1.88 bits per heavy atom. The largest absolute Gasteiger partial charge is 0.356 e. The molecular formula is C18H16ClN3O3. The normalized spacial score (nSPS) is 13.1. The monoisotopic (exact) mass is 357 g/mol. The highest BCUT2D eigenvalue weighted by atomic mass is 35.5. The third kappa shape index (κ3) is 3.85. The van der Waals surface area contributed by atoms with E-state index in [1.165, 1.54) is 6.20 Å². The van der Waals surface area contributed by atoms with Crippen LogP contribution in [-0.2, 0) is 11.2 Å². The van der Waals surface area contributed by atoms with Crippen molar-refractivity contribution in [2.75, 3.05) is 13.1 Å². The van der Waals surface area contributed by atoms with Gasteiger partial charge < -0.3 is 5.32 Å². The fourth-order valence-electron chi connectivity index (χ4n) is 2.62. The molecule has 128 valence electrons. The SMILES string of the molecule is O=C(CCN1C(=O)c2cccnc2C1=O)NCCc1ccc(Cl)cc1. The lowest BCUT2D eigenvalue weighted by molar-refractivity contribution is -0.121. The van der Waals surface area contributed by atoms with E-state index in [9.17, 15) is 14.4 Å². The molecule has 6 nitrogen and oxygen atoms in total. The van der Waals surface area contributed by atoms with Gasteiger partial charge in [-0.1, -0.05) is 23.7 Å². The molecule has 1 aromatic heterocycles. The van der Waals surface area contributed by atoms with Crippen molar-refractivity contribution in [1.29, 1.82) is 0 Å². The van der Waals surface area contributed by atoms with Gasteiger partial charge in [0.25, 0.3) is 11.8 Å². The Balaban J connectivity index is 1.46. The van der Waals surface area contributed by atoms with Crippen LogP contribution in [0.1, 0.15) is 32.8 Å². The number of imide groups is 1. The Bertz CT molecular complexity index is 786. The quantitative estimate of drug-likeness (QED) is 0.803. The maximum atomic E-state index is 12.2. The van der Waals surface area contributed by atoms with Crippen LogP contribution in [0.5, 0.6) is 0 Å². The smallest absolute Gasteiger partial charge is 0.280 e. The van der Waals surface area contributed by atoms with Crippen LogP contribution in [0.25, 0.3) is 0 Å². The lowest BCUT2D eigenvalue weighted by atomic mass is 10.1. The number of nitrogens with one attached hydrogen (secondary N) is 1. The van der Waals surface area contributed by atoms with E-state index in [0.717, 1.165) is 10.5 Å². The molecule has 1 N–H and O–H groups in total. The molecular weight excluding hydrogens is 342 g/mol. The number of hydrogen-bond acceptors (Lipinski definition) is 4. The summed E-state index contributed by atoms with van der Waals surface area (Å²) < 4.78 is 0. The molecule has 7 heteroatoms. The number of fused-ring (bicyclic) bond motifs is 1. The lowest BCUT2D eigenvalue weighted by Gasteiger charge is -2.13. The summed E-state index contributed by atoms with van der Waals surface area (Å²) in [6.45, 7) is 0.519. The Kier molecular flexibility index (Phi) is 5.09. The van der Waals surface area contributed by atoms with Gasteiger partial charge in [-0.15, -0.1) is 0 Å². The van der Waals surface area contributed by atoms with E-state index >= 15 is 0 Å². The number of hydrogen-bond donors (Lipinski definition) is 1. The predicted molar refractivity (Wildman–Crippen MR) is 92.4 cm³/mol. The zero-order valence-corrected chi connectivity index (χ0v) is 14.1. The molecule has 2 aromatic rings. The van der Waals surface area contributed by atoms with Crippen LogP contribution in [-0.4, -0.2) is 40.7 Å². The Labute approximate surface area is 149 Å². The second-order valence-electron chi connectivity index (χ2n) is 5.64. The molecule has 0 spiro atoms. The summed E-state index contributed by atoms with van der Waals surface area (Å²) >= 11 is 5.82. The first-order valence-electron chi connectivity index (χ1n) is 7.88. The molecule has 2 heterocycles. The summed E-state index contributed by atoms with van der Waals surface area (Å²) in [4.78, 5) is 41.2. The first-order valence-corrected chi connectivity index (χ1v) is 8.26. The molecule has 0 radical (unpaired) electrons. The Morgan fingerprint density at radius 3 is 2.60 bits per heavy atom. The summed E-state index contributed by atoms with van der Waals surface area (Å²) in [7, 11) is 0. The molecule has 3 rings (SSSR count). The average Bonchev–Trinajstić information content (AvgIpc) is 2.86. The van der Waals surface area contributed by atoms with Crippen LogP contribution >= 0.6 is 11.6 Å². The number of carbonyl (C=O) groups is 3. The van der Waals surface area contributed by atoms with Crippen LogP contribution in [0.3, 0.4) is 0 Å². The molecule has 3 amide bonds. The van der Waals surface area contributed by atoms with Gasteiger partial charge in [0, 0.05) is 30.7 Å². The third-order valence-corrected chi connectivity index (χ3v) is 4.19. The van der Waals surface area contributed by atoms with Gasteiger partial charge in [-0.3, -0.25) is 24.3 Å². The zero-order valence-electron chi connectivity index (χ0n) is 13.4. The van der Waals surface area contributed by atoms with Crippen LogP contribution < -0.4 is 5.32 Å². The topological polar surface area (TPSA) is 79.4 Å². The number of rotatable bonds is 6. The van der Waals surface area contributed by atoms with Gasteiger partial charge in [0.15, 0.2) is 0 Å². The summed E-state index contributed by atoms with van der Waals surface area (Å²) in [5.41, 5.74) is 1.50. The summed E-state index contributed by atoms with van der Waals surface area (Å²) in [5, 5.41) is 3.45. The molecule has 0 aliphatic carbocycles. The molecule has 0 unspecified atom stereocenters. The van der Waals surface area contributed by atoms with Crippen LogP contribution in [0.15, 0.2) is 42.6 Å². The number of amides is 3. The van der Waals surface area contributed by atoms with Crippen molar-refractivity contribution < 1.29 is 14.4 Å². The van der Waals surface area contributed by atoms with Crippen molar-refractivity contribution in [3.63, 3.8) is 0 Å². The van der Waals surface area contributed by atoms with E-state index < -0.39 is 11.8 Å². The van der Waals surface area contributed by atoms with Gasteiger partial charge >= 0.3 is 0 Å². The first kappa shape index (κ1) is 17.1. The van der Waals surface area contributed by atoms with Crippen LogP contribution in [0, 0.1) is 0 Å². The molecule has 0 bridgehead atoms. The zero-order chi connectivity index (χ0) is 17.8. The van der Waals surface area contributed by atoms with E-state index in [1.54, 1.807) is 24.3 Å². The molecule has 0 saturated carbocycles. The average molecular weight is 358 g/mol. The van der Waals surface area contributed by atoms with Gasteiger partial charge in [0.05, 0.1) is 5.56 Å². The Hall–Kier alpha value is -2.73. The molecule has 1 aromatic carbocycles. The van der Waals surface area contributed by atoms with E-state index in [-0.39, 0.29) is 30.1 Å². The molecule has 1 aliphatic rings. The number of aromatic nitrogens is 1. The number of pyridine rings is 1. The van der Waals surface area contributed by atoms with Gasteiger partial charge in [0.1, 0.15) is 5.69 Å². The highest BCUT2D eigenvalue weighted by molar-refractivity contribution is 6.30. The minimum atomic E-state index is -0.449. The summed E-state index contributed by atoms with van der Waals surface area (Å²) in [6.07, 6.45) is 2.21. The number of carbonyl (C=O) groups excluding carboxylic acids is 3.